The molecule has 19 heavy (non-hydrogen) atoms. The van der Waals surface area contributed by atoms with Crippen molar-refractivity contribution >= 4 is 11.6 Å². The molecule has 1 amide bonds. The fraction of sp³-hybridized carbons (Fsp3) is 0.533. The molecule has 2 aliphatic rings. The normalized spacial score (nSPS) is 29.4. The van der Waals surface area contributed by atoms with Gasteiger partial charge < -0.3 is 15.3 Å². The number of amides is 1. The lowest BCUT2D eigenvalue weighted by Gasteiger charge is -2.37. The maximum absolute atomic E-state index is 12.6. The summed E-state index contributed by atoms with van der Waals surface area (Å²) in [5.41, 5.74) is 1.75. The maximum Gasteiger partial charge on any atom is 0.254 e. The van der Waals surface area contributed by atoms with Gasteiger partial charge in [0.05, 0.1) is 6.10 Å². The topological polar surface area (TPSA) is 52.6 Å². The van der Waals surface area contributed by atoms with Gasteiger partial charge in [0.15, 0.2) is 0 Å². The second-order valence-corrected chi connectivity index (χ2v) is 5.55. The smallest absolute Gasteiger partial charge is 0.254 e. The van der Waals surface area contributed by atoms with Gasteiger partial charge in [-0.05, 0) is 49.9 Å². The second-order valence-electron chi connectivity index (χ2n) is 5.55. The molecule has 2 atom stereocenters. The Labute approximate surface area is 113 Å². The zero-order valence-corrected chi connectivity index (χ0v) is 11.2. The van der Waals surface area contributed by atoms with Crippen molar-refractivity contribution in [3.8, 4) is 0 Å². The van der Waals surface area contributed by atoms with Gasteiger partial charge in [0.1, 0.15) is 0 Å². The molecule has 2 saturated heterocycles. The van der Waals surface area contributed by atoms with Gasteiger partial charge in [-0.25, -0.2) is 0 Å². The molecule has 2 aliphatic heterocycles. The fourth-order valence-electron chi connectivity index (χ4n) is 3.41. The van der Waals surface area contributed by atoms with Crippen LogP contribution in [0.15, 0.2) is 24.3 Å². The van der Waals surface area contributed by atoms with Gasteiger partial charge in [0.25, 0.3) is 5.91 Å². The van der Waals surface area contributed by atoms with Crippen molar-refractivity contribution in [3.05, 3.63) is 29.8 Å². The Bertz CT molecular complexity index is 458. The Morgan fingerprint density at radius 1 is 1.21 bits per heavy atom. The molecule has 2 bridgehead atoms. The van der Waals surface area contributed by atoms with Gasteiger partial charge >= 0.3 is 0 Å². The number of anilines is 1. The van der Waals surface area contributed by atoms with Crippen LogP contribution in [0.3, 0.4) is 0 Å². The van der Waals surface area contributed by atoms with Crippen LogP contribution in [-0.2, 0) is 0 Å². The minimum Gasteiger partial charge on any atom is -0.393 e. The predicted octanol–water partition coefficient (Wildman–Crippen LogP) is 1.86. The van der Waals surface area contributed by atoms with Crippen molar-refractivity contribution in [3.63, 3.8) is 0 Å². The summed E-state index contributed by atoms with van der Waals surface area (Å²) in [5.74, 6) is 0.113. The van der Waals surface area contributed by atoms with Gasteiger partial charge in [0, 0.05) is 30.4 Å². The van der Waals surface area contributed by atoms with Crippen molar-refractivity contribution in [2.24, 2.45) is 0 Å². The average Bonchev–Trinajstić information content (AvgIpc) is 2.70. The Hall–Kier alpha value is -1.55. The molecule has 0 aromatic heterocycles. The van der Waals surface area contributed by atoms with Crippen LogP contribution in [-0.4, -0.2) is 41.1 Å². The molecule has 1 aromatic carbocycles. The predicted molar refractivity (Wildman–Crippen MR) is 74.2 cm³/mol. The first-order valence-electron chi connectivity index (χ1n) is 6.97. The highest BCUT2D eigenvalue weighted by molar-refractivity contribution is 5.95. The highest BCUT2D eigenvalue weighted by Gasteiger charge is 2.42. The van der Waals surface area contributed by atoms with Crippen molar-refractivity contribution in [2.45, 2.75) is 43.9 Å². The molecular weight excluding hydrogens is 240 g/mol. The van der Waals surface area contributed by atoms with Crippen LogP contribution in [0.4, 0.5) is 5.69 Å². The van der Waals surface area contributed by atoms with E-state index >= 15 is 0 Å². The highest BCUT2D eigenvalue weighted by atomic mass is 16.3. The third kappa shape index (κ3) is 2.21. The van der Waals surface area contributed by atoms with E-state index in [4.69, 9.17) is 0 Å². The molecular formula is C15H20N2O2. The molecule has 4 heteroatoms. The highest BCUT2D eigenvalue weighted by Crippen LogP contribution is 2.36. The van der Waals surface area contributed by atoms with Crippen molar-refractivity contribution in [1.29, 1.82) is 0 Å². The van der Waals surface area contributed by atoms with Crippen LogP contribution < -0.4 is 5.32 Å². The van der Waals surface area contributed by atoms with E-state index in [9.17, 15) is 9.90 Å². The molecule has 3 rings (SSSR count). The molecule has 0 radical (unpaired) electrons. The fourth-order valence-corrected chi connectivity index (χ4v) is 3.41. The molecule has 4 nitrogen and oxygen atoms in total. The lowest BCUT2D eigenvalue weighted by atomic mass is 9.98. The third-order valence-electron chi connectivity index (χ3n) is 4.36. The number of aliphatic hydroxyl groups is 1. The van der Waals surface area contributed by atoms with E-state index in [0.717, 1.165) is 36.9 Å². The minimum atomic E-state index is -0.229. The number of hydrogen-bond acceptors (Lipinski definition) is 3. The van der Waals surface area contributed by atoms with E-state index in [2.05, 4.69) is 5.32 Å². The quantitative estimate of drug-likeness (QED) is 0.853. The van der Waals surface area contributed by atoms with E-state index in [1.54, 1.807) is 0 Å². The van der Waals surface area contributed by atoms with Crippen LogP contribution >= 0.6 is 0 Å². The molecule has 2 unspecified atom stereocenters. The summed E-state index contributed by atoms with van der Waals surface area (Å²) < 4.78 is 0. The zero-order chi connectivity index (χ0) is 13.4. The van der Waals surface area contributed by atoms with Crippen LogP contribution in [0, 0.1) is 0 Å². The summed E-state index contributed by atoms with van der Waals surface area (Å²) >= 11 is 0. The Kier molecular flexibility index (Phi) is 3.19. The Morgan fingerprint density at radius 2 is 1.79 bits per heavy atom. The first-order chi connectivity index (χ1) is 9.19. The summed E-state index contributed by atoms with van der Waals surface area (Å²) in [4.78, 5) is 14.6. The van der Waals surface area contributed by atoms with Gasteiger partial charge in [-0.2, -0.15) is 0 Å². The number of nitrogens with one attached hydrogen (secondary N) is 1. The van der Waals surface area contributed by atoms with Crippen LogP contribution in [0.25, 0.3) is 0 Å². The summed E-state index contributed by atoms with van der Waals surface area (Å²) in [6.07, 6.45) is 3.30. The van der Waals surface area contributed by atoms with Gasteiger partial charge in [0.2, 0.25) is 0 Å². The molecule has 2 fully saturated rings. The summed E-state index contributed by atoms with van der Waals surface area (Å²) in [6, 6.07) is 8.05. The first kappa shape index (κ1) is 12.5. The van der Waals surface area contributed by atoms with E-state index in [-0.39, 0.29) is 24.1 Å². The number of carbonyl (C=O) groups excluding carboxylic acids is 1. The number of hydrogen-bond donors (Lipinski definition) is 2. The number of aliphatic hydroxyl groups excluding tert-OH is 1. The number of nitrogens with zero attached hydrogens (tertiary/aromatic N) is 1. The van der Waals surface area contributed by atoms with Crippen LogP contribution in [0.2, 0.25) is 0 Å². The van der Waals surface area contributed by atoms with Crippen molar-refractivity contribution in [2.75, 3.05) is 12.4 Å². The Balaban J connectivity index is 1.80. The molecule has 102 valence electrons. The molecule has 0 aliphatic carbocycles. The van der Waals surface area contributed by atoms with E-state index < -0.39 is 0 Å². The van der Waals surface area contributed by atoms with Crippen LogP contribution in [0.1, 0.15) is 36.0 Å². The molecule has 0 spiro atoms. The monoisotopic (exact) mass is 260 g/mol. The molecule has 0 saturated carbocycles. The number of fused-ring (bicyclic) bond motifs is 2. The van der Waals surface area contributed by atoms with Gasteiger partial charge in [-0.15, -0.1) is 0 Å². The number of piperidine rings is 1. The van der Waals surface area contributed by atoms with Gasteiger partial charge in [-0.3, -0.25) is 4.79 Å². The number of carbonyl (C=O) groups is 1. The molecule has 2 N–H and O–H groups in total. The second kappa shape index (κ2) is 4.85. The third-order valence-corrected chi connectivity index (χ3v) is 4.36. The number of rotatable bonds is 2. The zero-order valence-electron chi connectivity index (χ0n) is 11.2. The lowest BCUT2D eigenvalue weighted by Crippen LogP contribution is -2.47. The molecule has 2 heterocycles. The van der Waals surface area contributed by atoms with Crippen molar-refractivity contribution < 1.29 is 9.90 Å². The van der Waals surface area contributed by atoms with Gasteiger partial charge in [-0.1, -0.05) is 0 Å². The van der Waals surface area contributed by atoms with E-state index in [1.165, 1.54) is 0 Å². The Morgan fingerprint density at radius 3 is 2.32 bits per heavy atom. The summed E-state index contributed by atoms with van der Waals surface area (Å²) in [5, 5.41) is 12.8. The standard InChI is InChI=1S/C15H20N2O2/c1-16-11-4-2-10(3-5-11)15(19)17-12-6-7-13(17)9-14(18)8-12/h2-5,12-14,16,18H,6-9H2,1H3. The molecule has 1 aromatic rings. The first-order valence-corrected chi connectivity index (χ1v) is 6.97. The average molecular weight is 260 g/mol. The SMILES string of the molecule is CNc1ccc(C(=O)N2C3CCC2CC(O)C3)cc1. The van der Waals surface area contributed by atoms with E-state index in [1.807, 2.05) is 36.2 Å². The van der Waals surface area contributed by atoms with Crippen molar-refractivity contribution in [1.82, 2.24) is 4.90 Å². The summed E-state index contributed by atoms with van der Waals surface area (Å²) in [7, 11) is 1.86. The minimum absolute atomic E-state index is 0.113. The largest absolute Gasteiger partial charge is 0.393 e. The lowest BCUT2D eigenvalue weighted by molar-refractivity contribution is 0.0287. The van der Waals surface area contributed by atoms with E-state index in [0.29, 0.717) is 0 Å². The summed E-state index contributed by atoms with van der Waals surface area (Å²) in [6.45, 7) is 0. The number of benzene rings is 1. The maximum atomic E-state index is 12.6. The van der Waals surface area contributed by atoms with Crippen LogP contribution in [0.5, 0.6) is 0 Å².